The van der Waals surface area contributed by atoms with Gasteiger partial charge >= 0.3 is 0 Å². The maximum absolute atomic E-state index is 12.1. The molecule has 5 nitrogen and oxygen atoms in total. The molecule has 0 saturated heterocycles. The minimum Gasteiger partial charge on any atom is -0.494 e. The average molecular weight is 351 g/mol. The number of amides is 1. The van der Waals surface area contributed by atoms with Crippen LogP contribution in [0.5, 0.6) is 5.75 Å². The summed E-state index contributed by atoms with van der Waals surface area (Å²) in [5.41, 5.74) is 1.51. The summed E-state index contributed by atoms with van der Waals surface area (Å²) in [6.07, 6.45) is 0. The lowest BCUT2D eigenvalue weighted by molar-refractivity contribution is 0.102. The van der Waals surface area contributed by atoms with Gasteiger partial charge in [0, 0.05) is 11.3 Å². The summed E-state index contributed by atoms with van der Waals surface area (Å²) in [4.78, 5) is 16.2. The van der Waals surface area contributed by atoms with Gasteiger partial charge in [-0.3, -0.25) is 4.79 Å². The Balaban J connectivity index is 2.17. The molecule has 0 aliphatic carbocycles. The lowest BCUT2D eigenvalue weighted by Gasteiger charge is -2.11. The van der Waals surface area contributed by atoms with E-state index in [4.69, 9.17) is 4.74 Å². The molecule has 2 aromatic rings. The second-order valence-electron chi connectivity index (χ2n) is 4.21. The molecule has 0 spiro atoms. The van der Waals surface area contributed by atoms with E-state index in [-0.39, 0.29) is 12.5 Å². The first-order chi connectivity index (χ1) is 10.1. The number of nitrogens with one attached hydrogen (secondary N) is 1. The third-order valence-electron chi connectivity index (χ3n) is 2.74. The molecule has 1 aromatic heterocycles. The van der Waals surface area contributed by atoms with E-state index in [1.54, 1.807) is 36.4 Å². The van der Waals surface area contributed by atoms with Crippen LogP contribution in [-0.4, -0.2) is 22.6 Å². The number of hydrogen-bond donors (Lipinski definition) is 2. The number of carbonyl (C=O) groups is 1. The molecule has 0 bridgehead atoms. The number of nitrogens with zero attached hydrogens (tertiary/aromatic N) is 1. The lowest BCUT2D eigenvalue weighted by Crippen LogP contribution is -2.14. The van der Waals surface area contributed by atoms with Gasteiger partial charge in [0.1, 0.15) is 16.0 Å². The van der Waals surface area contributed by atoms with Crippen molar-refractivity contribution in [2.75, 3.05) is 11.9 Å². The van der Waals surface area contributed by atoms with Crippen molar-refractivity contribution in [3.05, 3.63) is 52.3 Å². The summed E-state index contributed by atoms with van der Waals surface area (Å²) in [7, 11) is 0. The molecule has 2 rings (SSSR count). The Morgan fingerprint density at radius 1 is 1.38 bits per heavy atom. The van der Waals surface area contributed by atoms with Gasteiger partial charge in [0.05, 0.1) is 13.2 Å². The highest BCUT2D eigenvalue weighted by Gasteiger charge is 2.10. The highest BCUT2D eigenvalue weighted by molar-refractivity contribution is 9.10. The van der Waals surface area contributed by atoms with Gasteiger partial charge < -0.3 is 15.2 Å². The Morgan fingerprint density at radius 2 is 2.19 bits per heavy atom. The fourth-order valence-corrected chi connectivity index (χ4v) is 2.15. The first-order valence-electron chi connectivity index (χ1n) is 6.44. The molecular weight excluding hydrogens is 336 g/mol. The number of halogens is 1. The molecular formula is C15H15BrN2O3. The molecule has 21 heavy (non-hydrogen) atoms. The molecule has 2 N–H and O–H groups in total. The van der Waals surface area contributed by atoms with Gasteiger partial charge in [0.2, 0.25) is 0 Å². The number of pyridine rings is 1. The number of carbonyl (C=O) groups excluding carboxylic acids is 1. The molecule has 0 aliphatic rings. The smallest absolute Gasteiger partial charge is 0.274 e. The molecule has 110 valence electrons. The molecule has 0 saturated carbocycles. The average Bonchev–Trinajstić information content (AvgIpc) is 2.49. The summed E-state index contributed by atoms with van der Waals surface area (Å²) in [6, 6.07) is 10.2. The van der Waals surface area contributed by atoms with Crippen molar-refractivity contribution in [1.82, 2.24) is 4.98 Å². The van der Waals surface area contributed by atoms with Crippen LogP contribution in [0.15, 0.2) is 41.0 Å². The number of anilines is 1. The summed E-state index contributed by atoms with van der Waals surface area (Å²) in [5, 5.41) is 12.1. The van der Waals surface area contributed by atoms with E-state index >= 15 is 0 Å². The zero-order valence-electron chi connectivity index (χ0n) is 11.5. The van der Waals surface area contributed by atoms with Crippen LogP contribution in [0.25, 0.3) is 0 Å². The number of aliphatic hydroxyl groups is 1. The van der Waals surface area contributed by atoms with Crippen LogP contribution >= 0.6 is 15.9 Å². The number of hydrogen-bond acceptors (Lipinski definition) is 4. The molecule has 0 atom stereocenters. The van der Waals surface area contributed by atoms with Gasteiger partial charge in [0.25, 0.3) is 5.91 Å². The zero-order valence-corrected chi connectivity index (χ0v) is 13.1. The maximum atomic E-state index is 12.1. The summed E-state index contributed by atoms with van der Waals surface area (Å²) in [6.45, 7) is 2.23. The fraction of sp³-hybridized carbons (Fsp3) is 0.200. The van der Waals surface area contributed by atoms with Crippen LogP contribution in [0.1, 0.15) is 23.0 Å². The summed E-state index contributed by atoms with van der Waals surface area (Å²) in [5.74, 6) is 0.294. The van der Waals surface area contributed by atoms with Crippen LogP contribution in [0, 0.1) is 0 Å². The van der Waals surface area contributed by atoms with E-state index in [1.165, 1.54) is 0 Å². The quantitative estimate of drug-likeness (QED) is 0.813. The molecule has 0 fully saturated rings. The normalized spacial score (nSPS) is 10.2. The summed E-state index contributed by atoms with van der Waals surface area (Å²) < 4.78 is 5.99. The minimum atomic E-state index is -0.315. The van der Waals surface area contributed by atoms with Crippen LogP contribution in [0.2, 0.25) is 0 Å². The number of benzene rings is 1. The van der Waals surface area contributed by atoms with Gasteiger partial charge in [-0.1, -0.05) is 6.07 Å². The SMILES string of the molecule is CCOc1ccc(NC(=O)c2cccc(Br)n2)cc1CO. The minimum absolute atomic E-state index is 0.159. The van der Waals surface area contributed by atoms with Crippen molar-refractivity contribution in [1.29, 1.82) is 0 Å². The Kier molecular flexibility index (Phi) is 5.30. The van der Waals surface area contributed by atoms with Crippen LogP contribution in [-0.2, 0) is 6.61 Å². The van der Waals surface area contributed by atoms with Crippen molar-refractivity contribution < 1.29 is 14.6 Å². The van der Waals surface area contributed by atoms with E-state index in [9.17, 15) is 9.90 Å². The third kappa shape index (κ3) is 4.03. The molecule has 1 aromatic carbocycles. The van der Waals surface area contributed by atoms with E-state index in [0.717, 1.165) is 0 Å². The summed E-state index contributed by atoms with van der Waals surface area (Å²) >= 11 is 3.22. The molecule has 0 aliphatic heterocycles. The molecule has 6 heteroatoms. The topological polar surface area (TPSA) is 71.5 Å². The van der Waals surface area contributed by atoms with Gasteiger partial charge in [-0.2, -0.15) is 0 Å². The maximum Gasteiger partial charge on any atom is 0.274 e. The molecule has 1 amide bonds. The second-order valence-corrected chi connectivity index (χ2v) is 5.03. The van der Waals surface area contributed by atoms with Crippen molar-refractivity contribution in [2.45, 2.75) is 13.5 Å². The first kappa shape index (κ1) is 15.5. The predicted molar refractivity (Wildman–Crippen MR) is 83.4 cm³/mol. The Hall–Kier alpha value is -1.92. The zero-order chi connectivity index (χ0) is 15.2. The number of ether oxygens (including phenoxy) is 1. The number of aliphatic hydroxyl groups excluding tert-OH is 1. The largest absolute Gasteiger partial charge is 0.494 e. The monoisotopic (exact) mass is 350 g/mol. The fourth-order valence-electron chi connectivity index (χ4n) is 1.81. The third-order valence-corrected chi connectivity index (χ3v) is 3.18. The van der Waals surface area contributed by atoms with E-state index in [0.29, 0.717) is 33.9 Å². The van der Waals surface area contributed by atoms with Crippen molar-refractivity contribution in [3.63, 3.8) is 0 Å². The standard InChI is InChI=1S/C15H15BrN2O3/c1-2-21-13-7-6-11(8-10(13)9-19)17-15(20)12-4-3-5-14(16)18-12/h3-8,19H,2,9H2,1H3,(H,17,20). The molecule has 1 heterocycles. The Labute approximate surface area is 131 Å². The van der Waals surface area contributed by atoms with Crippen molar-refractivity contribution in [3.8, 4) is 5.75 Å². The lowest BCUT2D eigenvalue weighted by atomic mass is 10.2. The van der Waals surface area contributed by atoms with Crippen LogP contribution in [0.4, 0.5) is 5.69 Å². The number of aromatic nitrogens is 1. The van der Waals surface area contributed by atoms with Crippen molar-refractivity contribution >= 4 is 27.5 Å². The Morgan fingerprint density at radius 3 is 2.86 bits per heavy atom. The highest BCUT2D eigenvalue weighted by Crippen LogP contribution is 2.23. The van der Waals surface area contributed by atoms with Crippen molar-refractivity contribution in [2.24, 2.45) is 0 Å². The van der Waals surface area contributed by atoms with Gasteiger partial charge in [-0.25, -0.2) is 4.98 Å². The predicted octanol–water partition coefficient (Wildman–Crippen LogP) is 2.99. The van der Waals surface area contributed by atoms with E-state index in [2.05, 4.69) is 26.2 Å². The van der Waals surface area contributed by atoms with Gasteiger partial charge in [-0.05, 0) is 53.2 Å². The molecule has 0 radical (unpaired) electrons. The van der Waals surface area contributed by atoms with Gasteiger partial charge in [0.15, 0.2) is 0 Å². The highest BCUT2D eigenvalue weighted by atomic mass is 79.9. The second kappa shape index (κ2) is 7.19. The number of rotatable bonds is 5. The van der Waals surface area contributed by atoms with Gasteiger partial charge in [-0.15, -0.1) is 0 Å². The van der Waals surface area contributed by atoms with E-state index in [1.807, 2.05) is 6.92 Å². The molecule has 0 unspecified atom stereocenters. The van der Waals surface area contributed by atoms with Crippen LogP contribution in [0.3, 0.4) is 0 Å². The Bertz CT molecular complexity index is 647. The van der Waals surface area contributed by atoms with Crippen LogP contribution < -0.4 is 10.1 Å². The van der Waals surface area contributed by atoms with E-state index < -0.39 is 0 Å². The first-order valence-corrected chi connectivity index (χ1v) is 7.24.